The van der Waals surface area contributed by atoms with Gasteiger partial charge in [-0.3, -0.25) is 4.79 Å². The molecule has 124 valence electrons. The molecule has 3 aromatic heterocycles. The molecule has 0 saturated carbocycles. The summed E-state index contributed by atoms with van der Waals surface area (Å²) in [5.74, 6) is 0.271. The molecule has 0 spiro atoms. The standard InChI is InChI=1S/C16H18N6O2/c1-11-3-2-6-22-10-12(9-13(11)22)14(23)21-7-4-16(24,5-8-21)15-17-19-20-18-15/h2-3,6,9-10,24H,4-5,7-8H2,1H3,(H,17,18,19,20). The van der Waals surface area contributed by atoms with E-state index in [1.165, 1.54) is 0 Å². The second kappa shape index (κ2) is 5.41. The molecule has 0 radical (unpaired) electrons. The highest BCUT2D eigenvalue weighted by molar-refractivity contribution is 5.96. The summed E-state index contributed by atoms with van der Waals surface area (Å²) in [6.45, 7) is 2.93. The second-order valence-electron chi connectivity index (χ2n) is 6.27. The molecule has 24 heavy (non-hydrogen) atoms. The first-order valence-corrected chi connectivity index (χ1v) is 7.90. The van der Waals surface area contributed by atoms with Crippen molar-refractivity contribution in [1.29, 1.82) is 0 Å². The van der Waals surface area contributed by atoms with Gasteiger partial charge >= 0.3 is 0 Å². The van der Waals surface area contributed by atoms with Gasteiger partial charge < -0.3 is 14.4 Å². The van der Waals surface area contributed by atoms with Gasteiger partial charge in [0.1, 0.15) is 5.60 Å². The molecule has 0 unspecified atom stereocenters. The molecule has 2 N–H and O–H groups in total. The van der Waals surface area contributed by atoms with Gasteiger partial charge in [-0.15, -0.1) is 10.2 Å². The Morgan fingerprint density at radius 3 is 2.83 bits per heavy atom. The number of hydrogen-bond acceptors (Lipinski definition) is 5. The van der Waals surface area contributed by atoms with Gasteiger partial charge in [0.15, 0.2) is 0 Å². The third-order valence-corrected chi connectivity index (χ3v) is 4.73. The second-order valence-corrected chi connectivity index (χ2v) is 6.27. The smallest absolute Gasteiger partial charge is 0.255 e. The van der Waals surface area contributed by atoms with Crippen molar-refractivity contribution in [3.63, 3.8) is 0 Å². The third-order valence-electron chi connectivity index (χ3n) is 4.73. The summed E-state index contributed by atoms with van der Waals surface area (Å²) >= 11 is 0. The Bertz CT molecular complexity index is 877. The van der Waals surface area contributed by atoms with E-state index < -0.39 is 5.60 Å². The highest BCUT2D eigenvalue weighted by Gasteiger charge is 2.39. The van der Waals surface area contributed by atoms with Crippen LogP contribution in [0.25, 0.3) is 5.52 Å². The number of aromatic amines is 1. The van der Waals surface area contributed by atoms with Crippen LogP contribution in [0.5, 0.6) is 0 Å². The lowest BCUT2D eigenvalue weighted by molar-refractivity contribution is -0.0279. The average molecular weight is 326 g/mol. The number of carbonyl (C=O) groups excluding carboxylic acids is 1. The molecule has 1 saturated heterocycles. The molecule has 3 aromatic rings. The fourth-order valence-electron chi connectivity index (χ4n) is 3.25. The fraction of sp³-hybridized carbons (Fsp3) is 0.375. The molecule has 8 heteroatoms. The lowest BCUT2D eigenvalue weighted by Gasteiger charge is -2.36. The summed E-state index contributed by atoms with van der Waals surface area (Å²) in [7, 11) is 0. The number of amides is 1. The van der Waals surface area contributed by atoms with Crippen LogP contribution >= 0.6 is 0 Å². The van der Waals surface area contributed by atoms with Crippen LogP contribution in [0, 0.1) is 6.92 Å². The number of aryl methyl sites for hydroxylation is 1. The van der Waals surface area contributed by atoms with Gasteiger partial charge in [0.25, 0.3) is 5.91 Å². The fourth-order valence-corrected chi connectivity index (χ4v) is 3.25. The maximum absolute atomic E-state index is 12.8. The van der Waals surface area contributed by atoms with Crippen LogP contribution < -0.4 is 0 Å². The lowest BCUT2D eigenvalue weighted by atomic mass is 9.90. The molecule has 4 rings (SSSR count). The van der Waals surface area contributed by atoms with E-state index in [1.54, 1.807) is 4.90 Å². The van der Waals surface area contributed by atoms with E-state index in [4.69, 9.17) is 0 Å². The zero-order valence-corrected chi connectivity index (χ0v) is 13.3. The number of aliphatic hydroxyl groups is 1. The molecular formula is C16H18N6O2. The largest absolute Gasteiger partial charge is 0.382 e. The monoisotopic (exact) mass is 326 g/mol. The first kappa shape index (κ1) is 14.8. The Balaban J connectivity index is 1.52. The lowest BCUT2D eigenvalue weighted by Crippen LogP contribution is -2.45. The van der Waals surface area contributed by atoms with Crippen molar-refractivity contribution in [3.05, 3.63) is 47.5 Å². The molecule has 0 aliphatic carbocycles. The van der Waals surface area contributed by atoms with Crippen LogP contribution in [-0.2, 0) is 5.60 Å². The molecule has 0 atom stereocenters. The van der Waals surface area contributed by atoms with Crippen molar-refractivity contribution >= 4 is 11.4 Å². The van der Waals surface area contributed by atoms with Crippen LogP contribution in [0.4, 0.5) is 0 Å². The van der Waals surface area contributed by atoms with Gasteiger partial charge in [0.05, 0.1) is 5.56 Å². The van der Waals surface area contributed by atoms with E-state index in [2.05, 4.69) is 20.6 Å². The number of fused-ring (bicyclic) bond motifs is 1. The maximum Gasteiger partial charge on any atom is 0.255 e. The zero-order valence-electron chi connectivity index (χ0n) is 13.3. The molecule has 1 aliphatic rings. The first-order valence-electron chi connectivity index (χ1n) is 7.90. The Hall–Kier alpha value is -2.74. The van der Waals surface area contributed by atoms with Gasteiger partial charge in [0.2, 0.25) is 5.82 Å². The van der Waals surface area contributed by atoms with Crippen LogP contribution in [0.3, 0.4) is 0 Å². The van der Waals surface area contributed by atoms with Crippen molar-refractivity contribution < 1.29 is 9.90 Å². The Labute approximate surface area is 138 Å². The molecule has 0 aromatic carbocycles. The van der Waals surface area contributed by atoms with Crippen molar-refractivity contribution in [2.24, 2.45) is 0 Å². The van der Waals surface area contributed by atoms with Crippen LogP contribution in [0.15, 0.2) is 30.6 Å². The highest BCUT2D eigenvalue weighted by Crippen LogP contribution is 2.30. The number of piperidine rings is 1. The summed E-state index contributed by atoms with van der Waals surface area (Å²) in [6.07, 6.45) is 4.57. The number of pyridine rings is 1. The van der Waals surface area contributed by atoms with E-state index in [0.717, 1.165) is 11.1 Å². The molecule has 1 amide bonds. The number of carbonyl (C=O) groups is 1. The van der Waals surface area contributed by atoms with Crippen LogP contribution in [0.1, 0.15) is 34.6 Å². The predicted octanol–water partition coefficient (Wildman–Crippen LogP) is 0.885. The maximum atomic E-state index is 12.8. The van der Waals surface area contributed by atoms with E-state index in [9.17, 15) is 9.90 Å². The number of hydrogen-bond donors (Lipinski definition) is 2. The van der Waals surface area contributed by atoms with E-state index in [0.29, 0.717) is 37.3 Å². The minimum atomic E-state index is -1.12. The Kier molecular flexibility index (Phi) is 3.34. The minimum absolute atomic E-state index is 0.0201. The zero-order chi connectivity index (χ0) is 16.7. The number of aromatic nitrogens is 5. The van der Waals surface area contributed by atoms with Gasteiger partial charge in [-0.25, -0.2) is 0 Å². The SMILES string of the molecule is Cc1cccn2cc(C(=O)N3CCC(O)(c4nn[nH]n4)CC3)cc12. The van der Waals surface area contributed by atoms with E-state index in [-0.39, 0.29) is 5.91 Å². The minimum Gasteiger partial charge on any atom is -0.382 e. The van der Waals surface area contributed by atoms with Crippen molar-refractivity contribution in [3.8, 4) is 0 Å². The number of rotatable bonds is 2. The normalized spacial score (nSPS) is 17.3. The number of tetrazole rings is 1. The van der Waals surface area contributed by atoms with E-state index in [1.807, 2.05) is 41.9 Å². The van der Waals surface area contributed by atoms with Crippen LogP contribution in [-0.4, -0.2) is 54.0 Å². The van der Waals surface area contributed by atoms with Crippen molar-refractivity contribution in [2.45, 2.75) is 25.4 Å². The molecule has 0 bridgehead atoms. The Morgan fingerprint density at radius 1 is 1.38 bits per heavy atom. The predicted molar refractivity (Wildman–Crippen MR) is 85.3 cm³/mol. The van der Waals surface area contributed by atoms with E-state index >= 15 is 0 Å². The summed E-state index contributed by atoms with van der Waals surface area (Å²) in [5.41, 5.74) is 1.70. The molecule has 1 fully saturated rings. The number of nitrogens with zero attached hydrogens (tertiary/aromatic N) is 5. The van der Waals surface area contributed by atoms with Crippen LogP contribution in [0.2, 0.25) is 0 Å². The summed E-state index contributed by atoms with van der Waals surface area (Å²) in [6, 6.07) is 5.90. The quantitative estimate of drug-likeness (QED) is 0.728. The summed E-state index contributed by atoms with van der Waals surface area (Å²) < 4.78 is 1.96. The van der Waals surface area contributed by atoms with Gasteiger partial charge in [-0.05, 0) is 24.6 Å². The van der Waals surface area contributed by atoms with Gasteiger partial charge in [-0.1, -0.05) is 11.3 Å². The third kappa shape index (κ3) is 2.35. The summed E-state index contributed by atoms with van der Waals surface area (Å²) in [5, 5.41) is 24.2. The topological polar surface area (TPSA) is 99.4 Å². The van der Waals surface area contributed by atoms with Crippen molar-refractivity contribution in [2.75, 3.05) is 13.1 Å². The number of nitrogens with one attached hydrogen (secondary N) is 1. The number of H-pyrrole nitrogens is 1. The summed E-state index contributed by atoms with van der Waals surface area (Å²) in [4.78, 5) is 14.5. The highest BCUT2D eigenvalue weighted by atomic mass is 16.3. The molecule has 4 heterocycles. The van der Waals surface area contributed by atoms with Gasteiger partial charge in [0, 0.05) is 43.8 Å². The molecule has 8 nitrogen and oxygen atoms in total. The van der Waals surface area contributed by atoms with Crippen molar-refractivity contribution in [1.82, 2.24) is 29.9 Å². The number of likely N-dealkylation sites (tertiary alicyclic amines) is 1. The Morgan fingerprint density at radius 2 is 2.17 bits per heavy atom. The molecular weight excluding hydrogens is 308 g/mol. The average Bonchev–Trinajstić information content (AvgIpc) is 3.25. The van der Waals surface area contributed by atoms with Gasteiger partial charge in [-0.2, -0.15) is 5.21 Å². The molecule has 1 aliphatic heterocycles. The first-order chi connectivity index (χ1) is 11.6.